The van der Waals surface area contributed by atoms with Crippen LogP contribution in [0.4, 0.5) is 10.8 Å². The Morgan fingerprint density at radius 3 is 2.66 bits per heavy atom. The molecule has 0 atom stereocenters. The van der Waals surface area contributed by atoms with E-state index in [0.717, 1.165) is 21.2 Å². The van der Waals surface area contributed by atoms with Crippen LogP contribution in [0.5, 0.6) is 0 Å². The highest BCUT2D eigenvalue weighted by molar-refractivity contribution is 8.01. The normalized spacial score (nSPS) is 11.6. The number of sulfonamides is 1. The topological polar surface area (TPSA) is 101 Å². The van der Waals surface area contributed by atoms with Gasteiger partial charge in [0.2, 0.25) is 5.13 Å². The number of nitrogens with zero attached hydrogens (tertiary/aromatic N) is 2. The number of benzene rings is 2. The highest BCUT2D eigenvalue weighted by Gasteiger charge is 2.22. The van der Waals surface area contributed by atoms with Gasteiger partial charge in [-0.15, -0.1) is 10.2 Å². The molecule has 1 aromatic heterocycles. The van der Waals surface area contributed by atoms with Gasteiger partial charge >= 0.3 is 0 Å². The molecule has 170 valence electrons. The Morgan fingerprint density at radius 1 is 1.19 bits per heavy atom. The molecular weight excluding hydrogens is 488 g/mol. The van der Waals surface area contributed by atoms with Crippen molar-refractivity contribution in [2.24, 2.45) is 5.92 Å². The SMILES string of the molecule is Cc1cccc(NS(=O)(=O)c2cc(C(=O)Nc3nnc(SCC(C)C)s3)ccc2Cl)c1C. The Bertz CT molecular complexity index is 1240. The molecule has 0 saturated heterocycles. The van der Waals surface area contributed by atoms with Crippen molar-refractivity contribution in [3.05, 3.63) is 58.1 Å². The number of aromatic nitrogens is 2. The van der Waals surface area contributed by atoms with Crippen LogP contribution < -0.4 is 10.0 Å². The van der Waals surface area contributed by atoms with E-state index in [1.807, 2.05) is 19.9 Å². The van der Waals surface area contributed by atoms with Gasteiger partial charge in [-0.3, -0.25) is 14.8 Å². The van der Waals surface area contributed by atoms with Gasteiger partial charge in [0.15, 0.2) is 4.34 Å². The molecule has 7 nitrogen and oxygen atoms in total. The van der Waals surface area contributed by atoms with Crippen LogP contribution in [0.2, 0.25) is 5.02 Å². The van der Waals surface area contributed by atoms with Gasteiger partial charge in [-0.1, -0.05) is 60.7 Å². The molecule has 2 N–H and O–H groups in total. The first-order valence-electron chi connectivity index (χ1n) is 9.73. The van der Waals surface area contributed by atoms with E-state index in [1.165, 1.54) is 29.5 Å². The molecule has 3 rings (SSSR count). The Morgan fingerprint density at radius 2 is 1.94 bits per heavy atom. The van der Waals surface area contributed by atoms with E-state index in [1.54, 1.807) is 23.9 Å². The second-order valence-corrected chi connectivity index (χ2v) is 11.8. The molecule has 0 aliphatic heterocycles. The summed E-state index contributed by atoms with van der Waals surface area (Å²) < 4.78 is 29.3. The lowest BCUT2D eigenvalue weighted by Gasteiger charge is -2.13. The average Bonchev–Trinajstić information content (AvgIpc) is 3.17. The minimum atomic E-state index is -4.01. The van der Waals surface area contributed by atoms with E-state index < -0.39 is 15.9 Å². The molecule has 0 saturated carbocycles. The number of thioether (sulfide) groups is 1. The molecule has 0 fully saturated rings. The second-order valence-electron chi connectivity index (χ2n) is 7.53. The minimum absolute atomic E-state index is 0.0163. The molecule has 2 aromatic carbocycles. The second kappa shape index (κ2) is 10.2. The van der Waals surface area contributed by atoms with E-state index in [9.17, 15) is 13.2 Å². The zero-order valence-corrected chi connectivity index (χ0v) is 21.2. The number of carbonyl (C=O) groups is 1. The number of hydrogen-bond donors (Lipinski definition) is 2. The van der Waals surface area contributed by atoms with Crippen molar-refractivity contribution in [3.8, 4) is 0 Å². The van der Waals surface area contributed by atoms with E-state index in [2.05, 4.69) is 34.1 Å². The van der Waals surface area contributed by atoms with Crippen molar-refractivity contribution in [2.75, 3.05) is 15.8 Å². The summed E-state index contributed by atoms with van der Waals surface area (Å²) in [6.07, 6.45) is 0. The first-order chi connectivity index (χ1) is 15.1. The van der Waals surface area contributed by atoms with Crippen LogP contribution in [-0.4, -0.2) is 30.3 Å². The highest BCUT2D eigenvalue weighted by Crippen LogP contribution is 2.29. The molecule has 3 aromatic rings. The molecule has 1 amide bonds. The van der Waals surface area contributed by atoms with Crippen molar-refractivity contribution < 1.29 is 13.2 Å². The van der Waals surface area contributed by atoms with Crippen molar-refractivity contribution >= 4 is 61.4 Å². The van der Waals surface area contributed by atoms with Gasteiger partial charge in [-0.2, -0.15) is 0 Å². The largest absolute Gasteiger partial charge is 0.296 e. The summed E-state index contributed by atoms with van der Waals surface area (Å²) in [5.41, 5.74) is 2.36. The van der Waals surface area contributed by atoms with Gasteiger partial charge in [0.1, 0.15) is 4.90 Å². The molecule has 0 aliphatic rings. The first-order valence-corrected chi connectivity index (χ1v) is 13.4. The van der Waals surface area contributed by atoms with Crippen molar-refractivity contribution in [1.82, 2.24) is 10.2 Å². The van der Waals surface area contributed by atoms with Crippen molar-refractivity contribution in [2.45, 2.75) is 36.9 Å². The van der Waals surface area contributed by atoms with Crippen LogP contribution in [0.1, 0.15) is 35.3 Å². The maximum atomic E-state index is 13.0. The minimum Gasteiger partial charge on any atom is -0.296 e. The van der Waals surface area contributed by atoms with E-state index >= 15 is 0 Å². The standard InChI is InChI=1S/C21H23ClN4O3S3/c1-12(2)11-30-21-25-24-20(31-21)23-19(27)15-8-9-16(22)18(10-15)32(28,29)26-17-7-5-6-13(3)14(17)4/h5-10,12,26H,11H2,1-4H3,(H,23,24,27). The number of nitrogens with one attached hydrogen (secondary N) is 2. The Balaban J connectivity index is 1.80. The lowest BCUT2D eigenvalue weighted by Crippen LogP contribution is -2.17. The Kier molecular flexibility index (Phi) is 7.81. The quantitative estimate of drug-likeness (QED) is 0.301. The number of amides is 1. The van der Waals surface area contributed by atoms with Crippen molar-refractivity contribution in [3.63, 3.8) is 0 Å². The summed E-state index contributed by atoms with van der Waals surface area (Å²) in [5, 5.41) is 11.1. The summed E-state index contributed by atoms with van der Waals surface area (Å²) in [6, 6.07) is 9.43. The molecule has 0 radical (unpaired) electrons. The lowest BCUT2D eigenvalue weighted by molar-refractivity contribution is 0.102. The van der Waals surface area contributed by atoms with Crippen LogP contribution in [0.25, 0.3) is 0 Å². The molecule has 0 bridgehead atoms. The number of hydrogen-bond acceptors (Lipinski definition) is 7. The van der Waals surface area contributed by atoms with Gasteiger partial charge in [0, 0.05) is 11.3 Å². The molecular formula is C21H23ClN4O3S3. The summed E-state index contributed by atoms with van der Waals surface area (Å²) >= 11 is 9.01. The summed E-state index contributed by atoms with van der Waals surface area (Å²) in [5.74, 6) is 0.906. The Labute approximate surface area is 201 Å². The predicted octanol–water partition coefficient (Wildman–Crippen LogP) is 5.61. The van der Waals surface area contributed by atoms with E-state index in [0.29, 0.717) is 16.7 Å². The number of aryl methyl sites for hydroxylation is 1. The summed E-state index contributed by atoms with van der Waals surface area (Å²) in [6.45, 7) is 7.94. The molecule has 1 heterocycles. The van der Waals surface area contributed by atoms with Crippen LogP contribution in [0.15, 0.2) is 45.6 Å². The molecule has 0 spiro atoms. The fraction of sp³-hybridized carbons (Fsp3) is 0.286. The van der Waals surface area contributed by atoms with Gasteiger partial charge in [0.05, 0.1) is 10.7 Å². The number of anilines is 2. The third kappa shape index (κ3) is 6.00. The van der Waals surface area contributed by atoms with Crippen LogP contribution in [0.3, 0.4) is 0 Å². The number of halogens is 1. The van der Waals surface area contributed by atoms with Gasteiger partial charge in [-0.25, -0.2) is 8.42 Å². The summed E-state index contributed by atoms with van der Waals surface area (Å²) in [7, 11) is -4.01. The van der Waals surface area contributed by atoms with Gasteiger partial charge in [0.25, 0.3) is 15.9 Å². The predicted molar refractivity (Wildman–Crippen MR) is 132 cm³/mol. The maximum Gasteiger partial charge on any atom is 0.263 e. The zero-order chi connectivity index (χ0) is 23.5. The van der Waals surface area contributed by atoms with E-state index in [4.69, 9.17) is 11.6 Å². The monoisotopic (exact) mass is 510 g/mol. The third-order valence-corrected chi connectivity index (χ3v) is 8.74. The molecule has 11 heteroatoms. The van der Waals surface area contributed by atoms with Gasteiger partial charge < -0.3 is 0 Å². The molecule has 32 heavy (non-hydrogen) atoms. The number of carbonyl (C=O) groups excluding carboxylic acids is 1. The molecule has 0 aliphatic carbocycles. The summed E-state index contributed by atoms with van der Waals surface area (Å²) in [4.78, 5) is 12.5. The van der Waals surface area contributed by atoms with Crippen LogP contribution in [0, 0.1) is 19.8 Å². The number of rotatable bonds is 8. The average molecular weight is 511 g/mol. The lowest BCUT2D eigenvalue weighted by atomic mass is 10.1. The first kappa shape index (κ1) is 24.5. The molecule has 0 unspecified atom stereocenters. The smallest absolute Gasteiger partial charge is 0.263 e. The highest BCUT2D eigenvalue weighted by atomic mass is 35.5. The fourth-order valence-corrected chi connectivity index (χ4v) is 6.01. The van der Waals surface area contributed by atoms with Crippen LogP contribution >= 0.6 is 34.7 Å². The van der Waals surface area contributed by atoms with Crippen LogP contribution in [-0.2, 0) is 10.0 Å². The zero-order valence-electron chi connectivity index (χ0n) is 18.0. The fourth-order valence-electron chi connectivity index (χ4n) is 2.64. The maximum absolute atomic E-state index is 13.0. The van der Waals surface area contributed by atoms with Crippen molar-refractivity contribution in [1.29, 1.82) is 0 Å². The van der Waals surface area contributed by atoms with Gasteiger partial charge in [-0.05, 0) is 55.2 Å². The third-order valence-electron chi connectivity index (χ3n) is 4.50. The van der Waals surface area contributed by atoms with E-state index in [-0.39, 0.29) is 15.5 Å². The Hall–Kier alpha value is -2.14.